The number of hydrogen-bond acceptors (Lipinski definition) is 7. The van der Waals surface area contributed by atoms with Crippen molar-refractivity contribution in [2.24, 2.45) is 5.92 Å². The molecule has 0 aliphatic carbocycles. The molecule has 8 heteroatoms. The minimum atomic E-state index is -3.40. The summed E-state index contributed by atoms with van der Waals surface area (Å²) in [5.74, 6) is 0.277. The molecule has 1 saturated heterocycles. The van der Waals surface area contributed by atoms with Crippen molar-refractivity contribution in [1.29, 1.82) is 0 Å². The van der Waals surface area contributed by atoms with Gasteiger partial charge >= 0.3 is 0 Å². The Morgan fingerprint density at radius 1 is 1.56 bits per heavy atom. The number of sulfone groups is 1. The lowest BCUT2D eigenvalue weighted by Gasteiger charge is -2.35. The van der Waals surface area contributed by atoms with Crippen LogP contribution in [0.1, 0.15) is 13.3 Å². The molecule has 0 radical (unpaired) electrons. The van der Waals surface area contributed by atoms with E-state index in [-0.39, 0.29) is 16.6 Å². The Kier molecular flexibility index (Phi) is 3.52. The van der Waals surface area contributed by atoms with E-state index in [9.17, 15) is 13.5 Å². The fourth-order valence-electron chi connectivity index (χ4n) is 2.07. The van der Waals surface area contributed by atoms with E-state index >= 15 is 0 Å². The van der Waals surface area contributed by atoms with E-state index < -0.39 is 15.9 Å². The molecule has 0 aromatic carbocycles. The van der Waals surface area contributed by atoms with Crippen LogP contribution in [0, 0.1) is 5.92 Å². The summed E-state index contributed by atoms with van der Waals surface area (Å²) in [7, 11) is -3.40. The van der Waals surface area contributed by atoms with Crippen LogP contribution < -0.4 is 10.6 Å². The second-order valence-corrected chi connectivity index (χ2v) is 7.46. The van der Waals surface area contributed by atoms with Crippen LogP contribution in [0.3, 0.4) is 0 Å². The van der Waals surface area contributed by atoms with Crippen LogP contribution in [0.2, 0.25) is 0 Å². The molecule has 2 unspecified atom stereocenters. The van der Waals surface area contributed by atoms with Gasteiger partial charge in [-0.15, -0.1) is 0 Å². The van der Waals surface area contributed by atoms with Crippen LogP contribution in [0.5, 0.6) is 0 Å². The highest BCUT2D eigenvalue weighted by Crippen LogP contribution is 2.36. The minimum absolute atomic E-state index is 0.0469. The van der Waals surface area contributed by atoms with Crippen molar-refractivity contribution in [1.82, 2.24) is 4.37 Å². The third-order valence-corrected chi connectivity index (χ3v) is 5.43. The number of aliphatic hydroxyl groups is 1. The number of piperidine rings is 1. The number of aliphatic hydroxyl groups excluding tert-OH is 1. The summed E-state index contributed by atoms with van der Waals surface area (Å²) < 4.78 is 27.4. The van der Waals surface area contributed by atoms with E-state index in [2.05, 4.69) is 4.37 Å². The van der Waals surface area contributed by atoms with Crippen molar-refractivity contribution in [2.45, 2.75) is 24.3 Å². The number of hydrogen-bond donors (Lipinski definition) is 2. The van der Waals surface area contributed by atoms with Gasteiger partial charge in [-0.05, 0) is 23.9 Å². The monoisotopic (exact) mass is 291 g/mol. The molecule has 2 atom stereocenters. The highest BCUT2D eigenvalue weighted by molar-refractivity contribution is 7.91. The van der Waals surface area contributed by atoms with Crippen LogP contribution in [0.4, 0.5) is 10.8 Å². The fraction of sp³-hybridized carbons (Fsp3) is 0.700. The molecule has 3 N–H and O–H groups in total. The first-order chi connectivity index (χ1) is 8.30. The smallest absolute Gasteiger partial charge is 0.182 e. The van der Waals surface area contributed by atoms with Crippen LogP contribution in [-0.2, 0) is 9.84 Å². The van der Waals surface area contributed by atoms with E-state index in [1.165, 1.54) is 0 Å². The summed E-state index contributed by atoms with van der Waals surface area (Å²) in [5.41, 5.74) is 5.63. The summed E-state index contributed by atoms with van der Waals surface area (Å²) >= 11 is 1.07. The Balaban J connectivity index is 2.35. The molecule has 102 valence electrons. The molecule has 18 heavy (non-hydrogen) atoms. The summed E-state index contributed by atoms with van der Waals surface area (Å²) in [6.07, 6.45) is 1.50. The Morgan fingerprint density at radius 2 is 2.22 bits per heavy atom. The Bertz CT molecular complexity index is 541. The standard InChI is InChI=1S/C10H17N3O3S2/c1-6-3-4-13(5-7(6)14)10-8(18(2,15)16)9(11)12-17-10/h6-7,14H,3-5H2,1-2H3,(H2,11,12). The van der Waals surface area contributed by atoms with Crippen molar-refractivity contribution in [2.75, 3.05) is 30.0 Å². The van der Waals surface area contributed by atoms with Crippen LogP contribution in [-0.4, -0.2) is 43.3 Å². The van der Waals surface area contributed by atoms with Crippen molar-refractivity contribution in [3.05, 3.63) is 0 Å². The topological polar surface area (TPSA) is 96.5 Å². The molecular formula is C10H17N3O3S2. The van der Waals surface area contributed by atoms with Gasteiger partial charge in [-0.25, -0.2) is 8.42 Å². The largest absolute Gasteiger partial charge is 0.391 e. The summed E-state index contributed by atoms with van der Waals surface area (Å²) in [6, 6.07) is 0. The van der Waals surface area contributed by atoms with Crippen molar-refractivity contribution < 1.29 is 13.5 Å². The average Bonchev–Trinajstić information content (AvgIpc) is 2.64. The molecule has 1 aliphatic heterocycles. The second kappa shape index (κ2) is 4.67. The molecule has 6 nitrogen and oxygen atoms in total. The van der Waals surface area contributed by atoms with Gasteiger partial charge in [0.15, 0.2) is 15.7 Å². The molecule has 1 aliphatic rings. The van der Waals surface area contributed by atoms with Crippen LogP contribution >= 0.6 is 11.5 Å². The highest BCUT2D eigenvalue weighted by Gasteiger charge is 2.30. The molecule has 1 aromatic rings. The second-order valence-electron chi connectivity index (χ2n) is 4.75. The Morgan fingerprint density at radius 3 is 2.78 bits per heavy atom. The Hall–Kier alpha value is -0.860. The number of nitrogens with zero attached hydrogens (tertiary/aromatic N) is 2. The summed E-state index contributed by atoms with van der Waals surface area (Å²) in [5, 5.41) is 10.4. The predicted molar refractivity (Wildman–Crippen MR) is 71.6 cm³/mol. The van der Waals surface area contributed by atoms with E-state index in [1.54, 1.807) is 0 Å². The molecule has 0 amide bonds. The molecule has 0 spiro atoms. The molecule has 0 bridgehead atoms. The maximum atomic E-state index is 11.7. The molecule has 2 rings (SSSR count). The van der Waals surface area contributed by atoms with Gasteiger partial charge in [0, 0.05) is 19.3 Å². The first-order valence-electron chi connectivity index (χ1n) is 5.69. The minimum Gasteiger partial charge on any atom is -0.391 e. The lowest BCUT2D eigenvalue weighted by Crippen LogP contribution is -2.43. The molecular weight excluding hydrogens is 274 g/mol. The SMILES string of the molecule is CC1CCN(c2snc(N)c2S(C)(=O)=O)CC1O. The predicted octanol–water partition coefficient (Wildman–Crippen LogP) is 0.336. The van der Waals surface area contributed by atoms with Crippen molar-refractivity contribution in [3.8, 4) is 0 Å². The zero-order valence-corrected chi connectivity index (χ0v) is 12.0. The first kappa shape index (κ1) is 13.6. The van der Waals surface area contributed by atoms with E-state index in [1.807, 2.05) is 11.8 Å². The molecule has 2 heterocycles. The summed E-state index contributed by atoms with van der Waals surface area (Å²) in [4.78, 5) is 1.95. The van der Waals surface area contributed by atoms with Gasteiger partial charge in [0.25, 0.3) is 0 Å². The average molecular weight is 291 g/mol. The molecule has 0 saturated carbocycles. The Labute approximate surface area is 111 Å². The van der Waals surface area contributed by atoms with Gasteiger partial charge in [0.2, 0.25) is 0 Å². The molecule has 1 fully saturated rings. The zero-order valence-electron chi connectivity index (χ0n) is 10.3. The summed E-state index contributed by atoms with van der Waals surface area (Å²) in [6.45, 7) is 3.12. The van der Waals surface area contributed by atoms with E-state index in [0.717, 1.165) is 24.2 Å². The van der Waals surface area contributed by atoms with Crippen molar-refractivity contribution in [3.63, 3.8) is 0 Å². The number of aromatic nitrogens is 1. The van der Waals surface area contributed by atoms with Gasteiger partial charge in [-0.1, -0.05) is 6.92 Å². The van der Waals surface area contributed by atoms with Crippen molar-refractivity contribution >= 4 is 32.2 Å². The van der Waals surface area contributed by atoms with E-state index in [0.29, 0.717) is 18.1 Å². The highest BCUT2D eigenvalue weighted by atomic mass is 32.2. The van der Waals surface area contributed by atoms with Gasteiger partial charge in [-0.2, -0.15) is 4.37 Å². The third kappa shape index (κ3) is 2.45. The van der Waals surface area contributed by atoms with Crippen LogP contribution in [0.15, 0.2) is 4.90 Å². The molecule has 1 aromatic heterocycles. The maximum absolute atomic E-state index is 11.7. The number of nitrogens with two attached hydrogens (primary N) is 1. The normalized spacial score (nSPS) is 25.4. The van der Waals surface area contributed by atoms with Gasteiger partial charge in [0.05, 0.1) is 6.10 Å². The number of rotatable bonds is 2. The lowest BCUT2D eigenvalue weighted by atomic mass is 9.96. The fourth-order valence-corrected chi connectivity index (χ4v) is 4.31. The van der Waals surface area contributed by atoms with Gasteiger partial charge in [-0.3, -0.25) is 0 Å². The number of β-amino-alcohol motifs (C(OH)–C–C–N with tert-alkyl or cyclic N) is 1. The number of nitrogen functional groups attached to an aromatic ring is 1. The maximum Gasteiger partial charge on any atom is 0.182 e. The van der Waals surface area contributed by atoms with Gasteiger partial charge < -0.3 is 15.7 Å². The zero-order chi connectivity index (χ0) is 13.5. The van der Waals surface area contributed by atoms with E-state index in [4.69, 9.17) is 5.73 Å². The third-order valence-electron chi connectivity index (χ3n) is 3.23. The lowest BCUT2D eigenvalue weighted by molar-refractivity contribution is 0.103. The quantitative estimate of drug-likeness (QED) is 0.815. The van der Waals surface area contributed by atoms with Gasteiger partial charge in [0.1, 0.15) is 9.90 Å². The number of anilines is 2. The van der Waals surface area contributed by atoms with Crippen LogP contribution in [0.25, 0.3) is 0 Å². The first-order valence-corrected chi connectivity index (χ1v) is 8.35.